The second kappa shape index (κ2) is 29.6. The number of carbonyl (C=O) groups is 2. The Bertz CT molecular complexity index is 286. The minimum Gasteiger partial charge on any atom is -0.481 e. The van der Waals surface area contributed by atoms with E-state index < -0.39 is 5.97 Å². The van der Waals surface area contributed by atoms with Gasteiger partial charge in [0.15, 0.2) is 0 Å². The SMILES string of the molecule is CC(=O)O.CCCCOCCCC.CCCCOCCOCCOC(C)=O. The zero-order valence-corrected chi connectivity index (χ0v) is 18.1. The van der Waals surface area contributed by atoms with Gasteiger partial charge in [0.2, 0.25) is 0 Å². The van der Waals surface area contributed by atoms with Crippen molar-refractivity contribution in [3.05, 3.63) is 0 Å². The van der Waals surface area contributed by atoms with Gasteiger partial charge >= 0.3 is 5.97 Å². The monoisotopic (exact) mass is 394 g/mol. The molecular formula is C20H42O7. The Kier molecular flexibility index (Phi) is 33.5. The van der Waals surface area contributed by atoms with Gasteiger partial charge in [-0.2, -0.15) is 0 Å². The van der Waals surface area contributed by atoms with E-state index in [9.17, 15) is 4.79 Å². The fourth-order valence-electron chi connectivity index (χ4n) is 1.41. The Labute approximate surface area is 165 Å². The molecular weight excluding hydrogens is 352 g/mol. The maximum absolute atomic E-state index is 10.3. The van der Waals surface area contributed by atoms with Crippen molar-refractivity contribution in [2.75, 3.05) is 46.2 Å². The van der Waals surface area contributed by atoms with Gasteiger partial charge in [0, 0.05) is 33.7 Å². The van der Waals surface area contributed by atoms with E-state index in [1.165, 1.54) is 32.6 Å². The largest absolute Gasteiger partial charge is 0.481 e. The first-order valence-electron chi connectivity index (χ1n) is 9.98. The van der Waals surface area contributed by atoms with E-state index in [-0.39, 0.29) is 5.97 Å². The second-order valence-electron chi connectivity index (χ2n) is 5.76. The number of carboxylic acids is 1. The molecule has 0 radical (unpaired) electrons. The van der Waals surface area contributed by atoms with Gasteiger partial charge < -0.3 is 24.1 Å². The summed E-state index contributed by atoms with van der Waals surface area (Å²) in [4.78, 5) is 19.3. The molecule has 27 heavy (non-hydrogen) atoms. The van der Waals surface area contributed by atoms with Crippen molar-refractivity contribution in [2.45, 2.75) is 73.1 Å². The van der Waals surface area contributed by atoms with Crippen LogP contribution in [0, 0.1) is 0 Å². The molecule has 0 aromatic heterocycles. The Morgan fingerprint density at radius 1 is 0.630 bits per heavy atom. The Balaban J connectivity index is -0.000000378. The zero-order chi connectivity index (χ0) is 21.2. The molecule has 0 aromatic rings. The van der Waals surface area contributed by atoms with E-state index in [2.05, 4.69) is 25.5 Å². The van der Waals surface area contributed by atoms with E-state index in [0.717, 1.165) is 39.6 Å². The highest BCUT2D eigenvalue weighted by Gasteiger charge is 1.93. The van der Waals surface area contributed by atoms with Crippen LogP contribution in [0.4, 0.5) is 0 Å². The van der Waals surface area contributed by atoms with E-state index >= 15 is 0 Å². The summed E-state index contributed by atoms with van der Waals surface area (Å²) in [7, 11) is 0. The van der Waals surface area contributed by atoms with Crippen molar-refractivity contribution in [2.24, 2.45) is 0 Å². The van der Waals surface area contributed by atoms with Crippen LogP contribution in [-0.2, 0) is 28.5 Å². The van der Waals surface area contributed by atoms with Gasteiger partial charge in [0.25, 0.3) is 5.97 Å². The van der Waals surface area contributed by atoms with Gasteiger partial charge in [-0.3, -0.25) is 9.59 Å². The number of hydrogen-bond donors (Lipinski definition) is 1. The molecule has 0 amide bonds. The third-order valence-electron chi connectivity index (χ3n) is 2.83. The number of ether oxygens (including phenoxy) is 4. The highest BCUT2D eigenvalue weighted by atomic mass is 16.6. The van der Waals surface area contributed by atoms with Gasteiger partial charge in [-0.25, -0.2) is 0 Å². The number of esters is 1. The fourth-order valence-corrected chi connectivity index (χ4v) is 1.41. The molecule has 0 heterocycles. The van der Waals surface area contributed by atoms with Crippen LogP contribution in [0.5, 0.6) is 0 Å². The summed E-state index contributed by atoms with van der Waals surface area (Å²) in [5.41, 5.74) is 0. The van der Waals surface area contributed by atoms with Gasteiger partial charge in [-0.1, -0.05) is 40.0 Å². The Morgan fingerprint density at radius 3 is 1.26 bits per heavy atom. The summed E-state index contributed by atoms with van der Waals surface area (Å²) < 4.78 is 20.4. The first-order valence-corrected chi connectivity index (χ1v) is 9.98. The summed E-state index contributed by atoms with van der Waals surface area (Å²) in [6.45, 7) is 13.6. The first-order chi connectivity index (χ1) is 12.9. The van der Waals surface area contributed by atoms with Crippen molar-refractivity contribution in [1.29, 1.82) is 0 Å². The minimum absolute atomic E-state index is 0.271. The average molecular weight is 395 g/mol. The number of unbranched alkanes of at least 4 members (excludes halogenated alkanes) is 3. The van der Waals surface area contributed by atoms with Crippen molar-refractivity contribution in [3.8, 4) is 0 Å². The van der Waals surface area contributed by atoms with Gasteiger partial charge in [0.1, 0.15) is 6.61 Å². The third-order valence-corrected chi connectivity index (χ3v) is 2.83. The molecule has 7 nitrogen and oxygen atoms in total. The highest BCUT2D eigenvalue weighted by molar-refractivity contribution is 5.65. The lowest BCUT2D eigenvalue weighted by Crippen LogP contribution is -2.11. The molecule has 0 spiro atoms. The molecule has 0 aliphatic heterocycles. The predicted octanol–water partition coefficient (Wildman–Crippen LogP) is 4.08. The van der Waals surface area contributed by atoms with Crippen LogP contribution in [0.1, 0.15) is 73.1 Å². The lowest BCUT2D eigenvalue weighted by Gasteiger charge is -2.05. The standard InChI is InChI=1S/C10H20O4.C8H18O.C2H4O2/c1-3-4-5-12-6-7-13-8-9-14-10(2)11;1-3-5-7-9-8-6-4-2;1-2(3)4/h3-9H2,1-2H3;3-8H2,1-2H3;1H3,(H,3,4). The molecule has 0 atom stereocenters. The third kappa shape index (κ3) is 51.6. The topological polar surface area (TPSA) is 91.3 Å². The molecule has 0 unspecified atom stereocenters. The fraction of sp³-hybridized carbons (Fsp3) is 0.900. The molecule has 0 saturated heterocycles. The van der Waals surface area contributed by atoms with Crippen molar-refractivity contribution in [1.82, 2.24) is 0 Å². The van der Waals surface area contributed by atoms with Crippen LogP contribution < -0.4 is 0 Å². The van der Waals surface area contributed by atoms with Gasteiger partial charge in [-0.15, -0.1) is 0 Å². The Morgan fingerprint density at radius 2 is 0.926 bits per heavy atom. The molecule has 0 rings (SSSR count). The maximum atomic E-state index is 10.3. The van der Waals surface area contributed by atoms with Crippen LogP contribution in [-0.4, -0.2) is 63.3 Å². The van der Waals surface area contributed by atoms with Crippen molar-refractivity contribution in [3.63, 3.8) is 0 Å². The summed E-state index contributed by atoms with van der Waals surface area (Å²) in [5.74, 6) is -1.10. The van der Waals surface area contributed by atoms with Crippen LogP contribution >= 0.6 is 0 Å². The second-order valence-corrected chi connectivity index (χ2v) is 5.76. The van der Waals surface area contributed by atoms with E-state index in [4.69, 9.17) is 24.1 Å². The summed E-state index contributed by atoms with van der Waals surface area (Å²) in [6.07, 6.45) is 7.15. The van der Waals surface area contributed by atoms with Gasteiger partial charge in [-0.05, 0) is 19.3 Å². The van der Waals surface area contributed by atoms with Crippen LogP contribution in [0.25, 0.3) is 0 Å². The molecule has 0 aliphatic rings. The average Bonchev–Trinajstić information content (AvgIpc) is 2.60. The van der Waals surface area contributed by atoms with Crippen LogP contribution in [0.3, 0.4) is 0 Å². The number of hydrogen-bond acceptors (Lipinski definition) is 6. The molecule has 0 fully saturated rings. The number of aliphatic carboxylic acids is 1. The first kappa shape index (κ1) is 30.5. The molecule has 7 heteroatoms. The lowest BCUT2D eigenvalue weighted by molar-refractivity contribution is -0.142. The molecule has 0 saturated carbocycles. The quantitative estimate of drug-likeness (QED) is 0.330. The summed E-state index contributed by atoms with van der Waals surface area (Å²) in [5, 5.41) is 7.42. The highest BCUT2D eigenvalue weighted by Crippen LogP contribution is 1.91. The minimum atomic E-state index is -0.833. The smallest absolute Gasteiger partial charge is 0.302 e. The lowest BCUT2D eigenvalue weighted by atomic mass is 10.3. The van der Waals surface area contributed by atoms with Crippen molar-refractivity contribution < 1.29 is 33.6 Å². The number of carbonyl (C=O) groups excluding carboxylic acids is 1. The van der Waals surface area contributed by atoms with Crippen LogP contribution in [0.15, 0.2) is 0 Å². The molecule has 1 N–H and O–H groups in total. The molecule has 0 aliphatic carbocycles. The number of rotatable bonds is 15. The van der Waals surface area contributed by atoms with E-state index in [0.29, 0.717) is 26.4 Å². The van der Waals surface area contributed by atoms with Crippen LogP contribution in [0.2, 0.25) is 0 Å². The van der Waals surface area contributed by atoms with Gasteiger partial charge in [0.05, 0.1) is 19.8 Å². The normalized spacial score (nSPS) is 9.52. The van der Waals surface area contributed by atoms with E-state index in [1.807, 2.05) is 0 Å². The maximum Gasteiger partial charge on any atom is 0.302 e. The molecule has 164 valence electrons. The summed E-state index contributed by atoms with van der Waals surface area (Å²) >= 11 is 0. The van der Waals surface area contributed by atoms with E-state index in [1.54, 1.807) is 0 Å². The summed E-state index contributed by atoms with van der Waals surface area (Å²) in [6, 6.07) is 0. The molecule has 0 bridgehead atoms. The molecule has 0 aromatic carbocycles. The zero-order valence-electron chi connectivity index (χ0n) is 18.1. The number of carboxylic acid groups (broad SMARTS) is 1. The van der Waals surface area contributed by atoms with Crippen molar-refractivity contribution >= 4 is 11.9 Å². The predicted molar refractivity (Wildman–Crippen MR) is 107 cm³/mol. The Hall–Kier alpha value is -1.18.